The first kappa shape index (κ1) is 24.4. The normalized spacial score (nSPS) is 11.7. The molecule has 30 heavy (non-hydrogen) atoms. The fourth-order valence-electron chi connectivity index (χ4n) is 2.47. The minimum Gasteiger partial charge on any atom is -0.497 e. The van der Waals surface area contributed by atoms with Crippen molar-refractivity contribution in [3.05, 3.63) is 41.7 Å². The minimum absolute atomic E-state index is 0.188. The highest BCUT2D eigenvalue weighted by atomic mass is 33.1. The number of aromatic nitrogens is 2. The van der Waals surface area contributed by atoms with Crippen LogP contribution in [0.5, 0.6) is 5.75 Å². The molecule has 0 bridgehead atoms. The van der Waals surface area contributed by atoms with Gasteiger partial charge < -0.3 is 15.0 Å². The van der Waals surface area contributed by atoms with E-state index in [1.54, 1.807) is 21.6 Å². The van der Waals surface area contributed by atoms with Crippen molar-refractivity contribution in [3.8, 4) is 11.4 Å². The summed E-state index contributed by atoms with van der Waals surface area (Å²) in [5, 5.41) is 6.37. The molecule has 1 aromatic carbocycles. The number of nitrogens with one attached hydrogen (secondary N) is 1. The molecule has 0 spiro atoms. The second-order valence-electron chi connectivity index (χ2n) is 6.57. The molecule has 0 aliphatic rings. The zero-order valence-electron chi connectivity index (χ0n) is 17.0. The molecule has 1 N–H and O–H groups in total. The van der Waals surface area contributed by atoms with Gasteiger partial charge in [0.2, 0.25) is 0 Å². The highest BCUT2D eigenvalue weighted by Crippen LogP contribution is 2.34. The van der Waals surface area contributed by atoms with Gasteiger partial charge in [0.05, 0.1) is 24.6 Å². The first-order valence-electron chi connectivity index (χ1n) is 9.21. The topological polar surface area (TPSA) is 59.4 Å². The Morgan fingerprint density at radius 1 is 1.20 bits per heavy atom. The largest absolute Gasteiger partial charge is 0.497 e. The summed E-state index contributed by atoms with van der Waals surface area (Å²) in [4.78, 5) is 14.5. The molecule has 1 heterocycles. The summed E-state index contributed by atoms with van der Waals surface area (Å²) in [5.41, 5.74) is -1.40. The van der Waals surface area contributed by atoms with Crippen molar-refractivity contribution in [2.45, 2.75) is 12.6 Å². The number of alkyl halides is 3. The molecular formula is C19H25F3N4O2S2. The molecule has 0 saturated heterocycles. The van der Waals surface area contributed by atoms with Crippen LogP contribution in [0, 0.1) is 0 Å². The van der Waals surface area contributed by atoms with Gasteiger partial charge in [-0.05, 0) is 44.8 Å². The van der Waals surface area contributed by atoms with E-state index < -0.39 is 23.3 Å². The van der Waals surface area contributed by atoms with Gasteiger partial charge in [0.25, 0.3) is 5.91 Å². The summed E-state index contributed by atoms with van der Waals surface area (Å²) >= 11 is 0. The van der Waals surface area contributed by atoms with Crippen molar-refractivity contribution in [2.24, 2.45) is 0 Å². The van der Waals surface area contributed by atoms with E-state index in [0.29, 0.717) is 18.7 Å². The Bertz CT molecular complexity index is 811. The number of methoxy groups -OCH3 is 1. The molecule has 6 nitrogen and oxygen atoms in total. The van der Waals surface area contributed by atoms with Gasteiger partial charge in [-0.15, -0.1) is 0 Å². The van der Waals surface area contributed by atoms with E-state index >= 15 is 0 Å². The van der Waals surface area contributed by atoms with Crippen LogP contribution in [0.3, 0.4) is 0 Å². The monoisotopic (exact) mass is 462 g/mol. The SMILES string of the molecule is COc1ccc(-n2ncc(C(=O)NCCCSSCCN(C)C)c2C(F)(F)F)cc1. The molecular weight excluding hydrogens is 437 g/mol. The van der Waals surface area contributed by atoms with Crippen molar-refractivity contribution < 1.29 is 22.7 Å². The van der Waals surface area contributed by atoms with Gasteiger partial charge in [0.1, 0.15) is 5.75 Å². The summed E-state index contributed by atoms with van der Waals surface area (Å²) in [6, 6.07) is 5.97. The van der Waals surface area contributed by atoms with Crippen LogP contribution in [0.4, 0.5) is 13.2 Å². The zero-order valence-corrected chi connectivity index (χ0v) is 18.7. The number of carbonyl (C=O) groups is 1. The molecule has 0 radical (unpaired) electrons. The van der Waals surface area contributed by atoms with Crippen molar-refractivity contribution in [1.82, 2.24) is 20.0 Å². The lowest BCUT2D eigenvalue weighted by atomic mass is 10.2. The number of hydrogen-bond donors (Lipinski definition) is 1. The second kappa shape index (κ2) is 11.5. The van der Waals surface area contributed by atoms with Gasteiger partial charge in [0.15, 0.2) is 5.69 Å². The number of halogens is 3. The van der Waals surface area contributed by atoms with Crippen LogP contribution in [-0.4, -0.2) is 66.4 Å². The first-order valence-corrected chi connectivity index (χ1v) is 11.7. The fraction of sp³-hybridized carbons (Fsp3) is 0.474. The predicted octanol–water partition coefficient (Wildman–Crippen LogP) is 3.96. The summed E-state index contributed by atoms with van der Waals surface area (Å²) in [5.74, 6) is 1.52. The summed E-state index contributed by atoms with van der Waals surface area (Å²) in [7, 11) is 8.90. The number of carbonyl (C=O) groups excluding carboxylic acids is 1. The Morgan fingerprint density at radius 2 is 1.87 bits per heavy atom. The minimum atomic E-state index is -4.73. The Hall–Kier alpha value is -1.85. The molecule has 11 heteroatoms. The van der Waals surface area contributed by atoms with Crippen molar-refractivity contribution in [3.63, 3.8) is 0 Å². The summed E-state index contributed by atoms with van der Waals surface area (Å²) < 4.78 is 46.8. The highest BCUT2D eigenvalue weighted by molar-refractivity contribution is 8.76. The van der Waals surface area contributed by atoms with Crippen LogP contribution in [-0.2, 0) is 6.18 Å². The molecule has 2 rings (SSSR count). The van der Waals surface area contributed by atoms with Gasteiger partial charge in [-0.25, -0.2) is 4.68 Å². The van der Waals surface area contributed by atoms with E-state index in [0.717, 1.165) is 28.9 Å². The number of nitrogens with zero attached hydrogens (tertiary/aromatic N) is 3. The van der Waals surface area contributed by atoms with E-state index in [4.69, 9.17) is 4.74 Å². The van der Waals surface area contributed by atoms with Gasteiger partial charge in [-0.2, -0.15) is 18.3 Å². The molecule has 0 saturated carbocycles. The lowest BCUT2D eigenvalue weighted by molar-refractivity contribution is -0.143. The Labute approximate surface area is 181 Å². The molecule has 2 aromatic rings. The van der Waals surface area contributed by atoms with Crippen molar-refractivity contribution in [1.29, 1.82) is 0 Å². The van der Waals surface area contributed by atoms with E-state index in [-0.39, 0.29) is 5.69 Å². The van der Waals surface area contributed by atoms with Crippen molar-refractivity contribution in [2.75, 3.05) is 45.8 Å². The van der Waals surface area contributed by atoms with Crippen LogP contribution in [0.1, 0.15) is 22.5 Å². The van der Waals surface area contributed by atoms with Crippen LogP contribution >= 0.6 is 21.6 Å². The Balaban J connectivity index is 1.98. The maximum absolute atomic E-state index is 13.7. The summed E-state index contributed by atoms with van der Waals surface area (Å²) in [6.45, 7) is 1.28. The number of amides is 1. The predicted molar refractivity (Wildman–Crippen MR) is 116 cm³/mol. The fourth-order valence-corrected chi connectivity index (χ4v) is 4.69. The van der Waals surface area contributed by atoms with E-state index in [1.165, 1.54) is 31.4 Å². The standard InChI is InChI=1S/C19H25F3N4O2S2/c1-25(2)10-12-30-29-11-4-9-23-18(27)16-13-24-26(17(16)19(20,21)22)14-5-7-15(28-3)8-6-14/h5-8,13H,4,9-12H2,1-3H3,(H,23,27). The smallest absolute Gasteiger partial charge is 0.434 e. The van der Waals surface area contributed by atoms with Crippen LogP contribution < -0.4 is 10.1 Å². The third-order valence-corrected chi connectivity index (χ3v) is 6.47. The molecule has 0 atom stereocenters. The molecule has 0 aliphatic carbocycles. The maximum atomic E-state index is 13.7. The quantitative estimate of drug-likeness (QED) is 0.403. The lowest BCUT2D eigenvalue weighted by Gasteiger charge is -2.13. The van der Waals surface area contributed by atoms with E-state index in [1.807, 2.05) is 14.1 Å². The Kier molecular flexibility index (Phi) is 9.37. The molecule has 0 fully saturated rings. The number of benzene rings is 1. The zero-order chi connectivity index (χ0) is 22.1. The van der Waals surface area contributed by atoms with Gasteiger partial charge in [-0.1, -0.05) is 21.6 Å². The Morgan fingerprint density at radius 3 is 2.47 bits per heavy atom. The molecule has 0 unspecified atom stereocenters. The third kappa shape index (κ3) is 7.13. The summed E-state index contributed by atoms with van der Waals surface area (Å²) in [6.07, 6.45) is -3.12. The van der Waals surface area contributed by atoms with Crippen LogP contribution in [0.25, 0.3) is 5.69 Å². The third-order valence-electron chi connectivity index (χ3n) is 3.99. The number of ether oxygens (including phenoxy) is 1. The van der Waals surface area contributed by atoms with Gasteiger partial charge >= 0.3 is 6.18 Å². The average molecular weight is 463 g/mol. The number of hydrogen-bond acceptors (Lipinski definition) is 6. The number of rotatable bonds is 11. The first-order chi connectivity index (χ1) is 14.2. The lowest BCUT2D eigenvalue weighted by Crippen LogP contribution is -2.27. The van der Waals surface area contributed by atoms with E-state index in [9.17, 15) is 18.0 Å². The highest BCUT2D eigenvalue weighted by Gasteiger charge is 2.40. The molecule has 1 aromatic heterocycles. The van der Waals surface area contributed by atoms with Gasteiger partial charge in [0, 0.05) is 24.6 Å². The van der Waals surface area contributed by atoms with Crippen molar-refractivity contribution >= 4 is 27.5 Å². The maximum Gasteiger partial charge on any atom is 0.434 e. The van der Waals surface area contributed by atoms with E-state index in [2.05, 4.69) is 15.3 Å². The molecule has 166 valence electrons. The average Bonchev–Trinajstić information content (AvgIpc) is 3.15. The van der Waals surface area contributed by atoms with Gasteiger partial charge in [-0.3, -0.25) is 4.79 Å². The molecule has 0 aliphatic heterocycles. The molecule has 1 amide bonds. The van der Waals surface area contributed by atoms with Crippen LogP contribution in [0.2, 0.25) is 0 Å². The van der Waals surface area contributed by atoms with Crippen LogP contribution in [0.15, 0.2) is 30.5 Å². The second-order valence-corrected chi connectivity index (χ2v) is 9.27.